The molecule has 0 spiro atoms. The molecule has 1 aliphatic heterocycles. The number of hydrogen-bond acceptors (Lipinski definition) is 6. The van der Waals surface area contributed by atoms with Gasteiger partial charge < -0.3 is 19.7 Å². The quantitative estimate of drug-likeness (QED) is 0.172. The molecule has 5 rings (SSSR count). The van der Waals surface area contributed by atoms with Gasteiger partial charge in [-0.15, -0.1) is 18.3 Å². The number of ether oxygens (including phenoxy) is 2. The Labute approximate surface area is 276 Å². The largest absolute Gasteiger partial charge is 0.573 e. The fourth-order valence-corrected chi connectivity index (χ4v) is 6.44. The van der Waals surface area contributed by atoms with Crippen molar-refractivity contribution in [2.24, 2.45) is 4.99 Å². The van der Waals surface area contributed by atoms with Gasteiger partial charge in [-0.1, -0.05) is 49.9 Å². The molecule has 1 fully saturated rings. The second-order valence-electron chi connectivity index (χ2n) is 11.4. The maximum absolute atomic E-state index is 12.9. The molecule has 0 radical (unpaired) electrons. The summed E-state index contributed by atoms with van der Waals surface area (Å²) in [5.74, 6) is 2.15. The third-order valence-electron chi connectivity index (χ3n) is 7.68. The van der Waals surface area contributed by atoms with Crippen molar-refractivity contribution in [1.82, 2.24) is 20.1 Å². The summed E-state index contributed by atoms with van der Waals surface area (Å²) >= 11 is 1.60. The molecule has 1 N–H and O–H groups in total. The molecular weight excluding hydrogens is 629 g/mol. The SMILES string of the molecule is COc1ccc(N2/C(=N/C(=O)NCCCc3ccc(-c4ncn(-c5ccc(OC(F)(F)F)cc5)n4)cc3)SCCC2C)c(C(C)C)c1. The van der Waals surface area contributed by atoms with Crippen LogP contribution in [0.4, 0.5) is 23.7 Å². The molecule has 1 aromatic heterocycles. The topological polar surface area (TPSA) is 93.9 Å². The summed E-state index contributed by atoms with van der Waals surface area (Å²) in [6.45, 7) is 6.94. The number of anilines is 1. The average molecular weight is 667 g/mol. The van der Waals surface area contributed by atoms with Crippen LogP contribution in [0.5, 0.6) is 11.5 Å². The first kappa shape index (κ1) is 33.8. The van der Waals surface area contributed by atoms with E-state index in [1.54, 1.807) is 18.9 Å². The van der Waals surface area contributed by atoms with E-state index in [0.29, 0.717) is 23.2 Å². The average Bonchev–Trinajstić information content (AvgIpc) is 3.53. The first-order chi connectivity index (χ1) is 22.5. The maximum Gasteiger partial charge on any atom is 0.573 e. The van der Waals surface area contributed by atoms with Gasteiger partial charge in [0.15, 0.2) is 11.0 Å². The van der Waals surface area contributed by atoms with Gasteiger partial charge in [0.05, 0.1) is 12.8 Å². The van der Waals surface area contributed by atoms with E-state index in [9.17, 15) is 18.0 Å². The second kappa shape index (κ2) is 14.9. The molecule has 2 amide bonds. The Morgan fingerprint density at radius 2 is 1.81 bits per heavy atom. The summed E-state index contributed by atoms with van der Waals surface area (Å²) in [6.07, 6.45) is -0.763. The molecule has 1 unspecified atom stereocenters. The zero-order valence-electron chi connectivity index (χ0n) is 26.6. The van der Waals surface area contributed by atoms with Gasteiger partial charge in [0.2, 0.25) is 0 Å². The number of urea groups is 1. The van der Waals surface area contributed by atoms with Crippen LogP contribution in [0.25, 0.3) is 17.1 Å². The fraction of sp³-hybridized carbons (Fsp3) is 0.353. The molecule has 1 saturated heterocycles. The summed E-state index contributed by atoms with van der Waals surface area (Å²) in [7, 11) is 1.66. The van der Waals surface area contributed by atoms with Crippen LogP contribution >= 0.6 is 11.8 Å². The van der Waals surface area contributed by atoms with E-state index in [1.165, 1.54) is 35.3 Å². The van der Waals surface area contributed by atoms with E-state index in [4.69, 9.17) is 4.74 Å². The summed E-state index contributed by atoms with van der Waals surface area (Å²) in [5, 5.41) is 8.09. The summed E-state index contributed by atoms with van der Waals surface area (Å²) in [6, 6.07) is 19.1. The molecule has 2 heterocycles. The van der Waals surface area contributed by atoms with Crippen molar-refractivity contribution in [2.45, 2.75) is 58.4 Å². The Morgan fingerprint density at radius 1 is 1.09 bits per heavy atom. The lowest BCUT2D eigenvalue weighted by molar-refractivity contribution is -0.274. The number of halogens is 3. The Kier molecular flexibility index (Phi) is 10.7. The number of amidine groups is 1. The van der Waals surface area contributed by atoms with Gasteiger partial charge >= 0.3 is 12.4 Å². The lowest BCUT2D eigenvalue weighted by atomic mass is 9.99. The molecule has 9 nitrogen and oxygen atoms in total. The normalized spacial score (nSPS) is 16.0. The first-order valence-corrected chi connectivity index (χ1v) is 16.3. The first-order valence-electron chi connectivity index (χ1n) is 15.3. The highest BCUT2D eigenvalue weighted by molar-refractivity contribution is 8.14. The fourth-order valence-electron chi connectivity index (χ4n) is 5.23. The van der Waals surface area contributed by atoms with Crippen molar-refractivity contribution in [3.8, 4) is 28.6 Å². The van der Waals surface area contributed by atoms with Gasteiger partial charge in [-0.05, 0) is 85.7 Å². The molecule has 3 aromatic carbocycles. The number of aromatic nitrogens is 3. The number of thioether (sulfide) groups is 1. The van der Waals surface area contributed by atoms with E-state index in [0.717, 1.165) is 53.1 Å². The predicted molar refractivity (Wildman–Crippen MR) is 179 cm³/mol. The molecule has 4 aromatic rings. The van der Waals surface area contributed by atoms with E-state index in [2.05, 4.69) is 62.9 Å². The highest BCUT2D eigenvalue weighted by Crippen LogP contribution is 2.37. The molecule has 1 aliphatic rings. The standard InChI is InChI=1S/C34H37F3N6O3S/c1-22(2)29-20-28(45-4)15-16-30(29)43-23(3)17-19-47-33(43)40-32(44)38-18-5-6-24-7-9-25(10-8-24)31-39-21-42(41-31)26-11-13-27(14-12-26)46-34(35,36)37/h7-16,20-23H,5-6,17-19H2,1-4H3,(H,38,44)/b40-33-. The van der Waals surface area contributed by atoms with Gasteiger partial charge in [0.1, 0.15) is 17.8 Å². The van der Waals surface area contributed by atoms with Crippen molar-refractivity contribution in [3.63, 3.8) is 0 Å². The number of nitrogens with one attached hydrogen (secondary N) is 1. The van der Waals surface area contributed by atoms with Crippen LogP contribution in [0, 0.1) is 0 Å². The maximum atomic E-state index is 12.9. The van der Waals surface area contributed by atoms with Crippen molar-refractivity contribution in [3.05, 3.63) is 84.2 Å². The van der Waals surface area contributed by atoms with Crippen molar-refractivity contribution in [2.75, 3.05) is 24.3 Å². The molecule has 47 heavy (non-hydrogen) atoms. The van der Waals surface area contributed by atoms with Crippen LogP contribution in [-0.4, -0.2) is 57.8 Å². The highest BCUT2D eigenvalue weighted by Gasteiger charge is 2.31. The molecular formula is C34H37F3N6O3S. The minimum absolute atomic E-state index is 0.203. The van der Waals surface area contributed by atoms with Crippen molar-refractivity contribution < 1.29 is 27.4 Å². The van der Waals surface area contributed by atoms with E-state index in [-0.39, 0.29) is 23.7 Å². The number of carbonyl (C=O) groups is 1. The number of benzene rings is 3. The molecule has 0 aliphatic carbocycles. The zero-order valence-corrected chi connectivity index (χ0v) is 27.4. The second-order valence-corrected chi connectivity index (χ2v) is 12.5. The number of methoxy groups -OCH3 is 1. The summed E-state index contributed by atoms with van der Waals surface area (Å²) < 4.78 is 48.1. The molecule has 13 heteroatoms. The highest BCUT2D eigenvalue weighted by atomic mass is 32.2. The number of aliphatic imine (C=N–C) groups is 1. The van der Waals surface area contributed by atoms with Crippen molar-refractivity contribution >= 4 is 28.6 Å². The predicted octanol–water partition coefficient (Wildman–Crippen LogP) is 8.00. The van der Waals surface area contributed by atoms with Crippen LogP contribution in [0.15, 0.2) is 78.0 Å². The third kappa shape index (κ3) is 8.85. The van der Waals surface area contributed by atoms with E-state index >= 15 is 0 Å². The molecule has 0 saturated carbocycles. The number of alkyl halides is 3. The summed E-state index contributed by atoms with van der Waals surface area (Å²) in [4.78, 5) is 23.9. The Bertz CT molecular complexity index is 1690. The van der Waals surface area contributed by atoms with Gasteiger partial charge in [-0.3, -0.25) is 0 Å². The monoisotopic (exact) mass is 666 g/mol. The van der Waals surface area contributed by atoms with Gasteiger partial charge in [-0.25, -0.2) is 14.5 Å². The van der Waals surface area contributed by atoms with Gasteiger partial charge in [-0.2, -0.15) is 4.99 Å². The van der Waals surface area contributed by atoms with Crippen LogP contribution in [0.1, 0.15) is 50.7 Å². The molecule has 248 valence electrons. The lowest BCUT2D eigenvalue weighted by Crippen LogP contribution is -2.42. The number of aryl methyl sites for hydroxylation is 1. The van der Waals surface area contributed by atoms with E-state index < -0.39 is 6.36 Å². The summed E-state index contributed by atoms with van der Waals surface area (Å²) in [5.41, 5.74) is 4.64. The number of rotatable bonds is 10. The Hall–Kier alpha value is -4.52. The molecule has 1 atom stereocenters. The Balaban J connectivity index is 1.14. The van der Waals surface area contributed by atoms with Gasteiger partial charge in [0, 0.05) is 29.6 Å². The number of amides is 2. The van der Waals surface area contributed by atoms with Crippen molar-refractivity contribution in [1.29, 1.82) is 0 Å². The third-order valence-corrected chi connectivity index (χ3v) is 8.67. The number of hydrogen-bond donors (Lipinski definition) is 1. The minimum Gasteiger partial charge on any atom is -0.497 e. The van der Waals surface area contributed by atoms with Crippen LogP contribution in [-0.2, 0) is 6.42 Å². The van der Waals surface area contributed by atoms with Crippen LogP contribution in [0.3, 0.4) is 0 Å². The smallest absolute Gasteiger partial charge is 0.497 e. The lowest BCUT2D eigenvalue weighted by Gasteiger charge is -2.37. The van der Waals surface area contributed by atoms with Crippen LogP contribution in [0.2, 0.25) is 0 Å². The van der Waals surface area contributed by atoms with Crippen LogP contribution < -0.4 is 19.7 Å². The Morgan fingerprint density at radius 3 is 2.49 bits per heavy atom. The zero-order chi connectivity index (χ0) is 33.6. The minimum atomic E-state index is -4.75. The van der Waals surface area contributed by atoms with E-state index in [1.807, 2.05) is 30.3 Å². The van der Waals surface area contributed by atoms with Gasteiger partial charge in [0.25, 0.3) is 0 Å². The number of nitrogens with zero attached hydrogens (tertiary/aromatic N) is 5. The number of carbonyl (C=O) groups excluding carboxylic acids is 1. The molecule has 0 bridgehead atoms.